The number of anilines is 1. The molecule has 0 aromatic heterocycles. The third-order valence-corrected chi connectivity index (χ3v) is 5.23. The summed E-state index contributed by atoms with van der Waals surface area (Å²) in [5.74, 6) is 0.736. The predicted molar refractivity (Wildman–Crippen MR) is 114 cm³/mol. The molecule has 6 heteroatoms. The average molecular weight is 445 g/mol. The third-order valence-electron chi connectivity index (χ3n) is 4.74. The van der Waals surface area contributed by atoms with E-state index < -0.39 is 0 Å². The quantitative estimate of drug-likeness (QED) is 0.693. The van der Waals surface area contributed by atoms with Gasteiger partial charge in [0.25, 0.3) is 11.8 Å². The molecule has 5 nitrogen and oxygen atoms in total. The van der Waals surface area contributed by atoms with Crippen molar-refractivity contribution in [2.24, 2.45) is 0 Å². The van der Waals surface area contributed by atoms with Gasteiger partial charge in [0.15, 0.2) is 6.61 Å². The summed E-state index contributed by atoms with van der Waals surface area (Å²) in [5.41, 5.74) is 2.23. The Morgan fingerprint density at radius 2 is 1.89 bits per heavy atom. The fraction of sp³-hybridized carbons (Fsp3) is 0.364. The molecule has 28 heavy (non-hydrogen) atoms. The molecule has 0 atom stereocenters. The molecule has 0 spiro atoms. The molecule has 0 bridgehead atoms. The molecule has 2 aromatic carbocycles. The number of benzene rings is 2. The van der Waals surface area contributed by atoms with Crippen molar-refractivity contribution < 1.29 is 14.3 Å². The molecule has 1 aliphatic heterocycles. The van der Waals surface area contributed by atoms with Crippen LogP contribution in [0.25, 0.3) is 0 Å². The van der Waals surface area contributed by atoms with Crippen LogP contribution < -0.4 is 10.1 Å². The van der Waals surface area contributed by atoms with Crippen molar-refractivity contribution in [2.45, 2.75) is 32.6 Å². The summed E-state index contributed by atoms with van der Waals surface area (Å²) in [6.07, 6.45) is 2.10. The predicted octanol–water partition coefficient (Wildman–Crippen LogP) is 4.83. The van der Waals surface area contributed by atoms with Crippen LogP contribution >= 0.6 is 15.9 Å². The zero-order valence-electron chi connectivity index (χ0n) is 16.2. The monoisotopic (exact) mass is 444 g/mol. The Hall–Kier alpha value is -2.34. The lowest BCUT2D eigenvalue weighted by Crippen LogP contribution is -2.27. The van der Waals surface area contributed by atoms with Crippen molar-refractivity contribution in [1.82, 2.24) is 4.90 Å². The zero-order valence-corrected chi connectivity index (χ0v) is 17.8. The normalized spacial score (nSPS) is 13.6. The van der Waals surface area contributed by atoms with Gasteiger partial charge in [0, 0.05) is 28.8 Å². The molecule has 0 radical (unpaired) electrons. The van der Waals surface area contributed by atoms with Crippen LogP contribution in [0.4, 0.5) is 5.69 Å². The van der Waals surface area contributed by atoms with Gasteiger partial charge in [-0.2, -0.15) is 0 Å². The lowest BCUT2D eigenvalue weighted by molar-refractivity contribution is -0.118. The first-order valence-electron chi connectivity index (χ1n) is 9.55. The average Bonchev–Trinajstić information content (AvgIpc) is 3.21. The van der Waals surface area contributed by atoms with Gasteiger partial charge in [-0.05, 0) is 60.7 Å². The number of halogens is 1. The van der Waals surface area contributed by atoms with Gasteiger partial charge >= 0.3 is 0 Å². The van der Waals surface area contributed by atoms with Crippen molar-refractivity contribution in [1.29, 1.82) is 0 Å². The highest BCUT2D eigenvalue weighted by atomic mass is 79.9. The van der Waals surface area contributed by atoms with Gasteiger partial charge in [0.1, 0.15) is 5.75 Å². The second-order valence-electron chi connectivity index (χ2n) is 7.25. The maximum absolute atomic E-state index is 12.5. The van der Waals surface area contributed by atoms with E-state index in [9.17, 15) is 9.59 Å². The van der Waals surface area contributed by atoms with Gasteiger partial charge in [-0.1, -0.05) is 35.8 Å². The number of hydrogen-bond donors (Lipinski definition) is 1. The van der Waals surface area contributed by atoms with Crippen molar-refractivity contribution in [2.75, 3.05) is 25.0 Å². The minimum Gasteiger partial charge on any atom is -0.483 e. The largest absolute Gasteiger partial charge is 0.483 e. The number of amides is 2. The van der Waals surface area contributed by atoms with E-state index in [2.05, 4.69) is 35.1 Å². The molecule has 3 rings (SSSR count). The SMILES string of the molecule is CC(C)c1cc(Br)ccc1OCC(=O)Nc1cccc(C(=O)N2CCCC2)c1. The summed E-state index contributed by atoms with van der Waals surface area (Å²) in [5, 5.41) is 2.81. The standard InChI is InChI=1S/C22H25BrN2O3/c1-15(2)19-13-17(23)8-9-20(19)28-14-21(26)24-18-7-5-6-16(12-18)22(27)25-10-3-4-11-25/h5-9,12-13,15H,3-4,10-11,14H2,1-2H3,(H,24,26). The summed E-state index contributed by atoms with van der Waals surface area (Å²) in [7, 11) is 0. The molecule has 2 amide bonds. The topological polar surface area (TPSA) is 58.6 Å². The van der Waals surface area contributed by atoms with Crippen LogP contribution in [-0.2, 0) is 4.79 Å². The van der Waals surface area contributed by atoms with Crippen LogP contribution in [0.15, 0.2) is 46.9 Å². The summed E-state index contributed by atoms with van der Waals surface area (Å²) in [6, 6.07) is 12.8. The number of likely N-dealkylation sites (tertiary alicyclic amines) is 1. The third kappa shape index (κ3) is 5.13. The van der Waals surface area contributed by atoms with E-state index in [0.717, 1.165) is 36.0 Å². The number of carbonyl (C=O) groups is 2. The van der Waals surface area contributed by atoms with E-state index in [-0.39, 0.29) is 24.3 Å². The van der Waals surface area contributed by atoms with Crippen LogP contribution in [0, 0.1) is 0 Å². The Labute approximate surface area is 174 Å². The lowest BCUT2D eigenvalue weighted by Gasteiger charge is -2.16. The van der Waals surface area contributed by atoms with Crippen molar-refractivity contribution >= 4 is 33.4 Å². The summed E-state index contributed by atoms with van der Waals surface area (Å²) in [6.45, 7) is 5.67. The molecular formula is C22H25BrN2O3. The van der Waals surface area contributed by atoms with Crippen LogP contribution in [-0.4, -0.2) is 36.4 Å². The second-order valence-corrected chi connectivity index (χ2v) is 8.17. The molecule has 1 N–H and O–H groups in total. The van der Waals surface area contributed by atoms with Gasteiger partial charge in [-0.15, -0.1) is 0 Å². The minimum absolute atomic E-state index is 0.0151. The highest BCUT2D eigenvalue weighted by Gasteiger charge is 2.19. The van der Waals surface area contributed by atoms with E-state index in [1.54, 1.807) is 24.3 Å². The molecule has 148 valence electrons. The summed E-state index contributed by atoms with van der Waals surface area (Å²) in [4.78, 5) is 26.7. The minimum atomic E-state index is -0.261. The zero-order chi connectivity index (χ0) is 20.1. The van der Waals surface area contributed by atoms with Crippen molar-refractivity contribution in [3.8, 4) is 5.75 Å². The smallest absolute Gasteiger partial charge is 0.262 e. The van der Waals surface area contributed by atoms with Crippen molar-refractivity contribution in [3.63, 3.8) is 0 Å². The van der Waals surface area contributed by atoms with Gasteiger partial charge in [0.05, 0.1) is 0 Å². The Morgan fingerprint density at radius 3 is 2.61 bits per heavy atom. The van der Waals surface area contributed by atoms with E-state index in [1.165, 1.54) is 0 Å². The summed E-state index contributed by atoms with van der Waals surface area (Å²) < 4.78 is 6.72. The van der Waals surface area contributed by atoms with Gasteiger partial charge < -0.3 is 15.0 Å². The number of nitrogens with one attached hydrogen (secondary N) is 1. The Balaban J connectivity index is 1.61. The van der Waals surface area contributed by atoms with E-state index in [0.29, 0.717) is 17.0 Å². The first-order chi connectivity index (χ1) is 13.4. The van der Waals surface area contributed by atoms with Crippen LogP contribution in [0.2, 0.25) is 0 Å². The number of carbonyl (C=O) groups excluding carboxylic acids is 2. The van der Waals surface area contributed by atoms with Gasteiger partial charge in [0.2, 0.25) is 0 Å². The number of nitrogens with zero attached hydrogens (tertiary/aromatic N) is 1. The number of rotatable bonds is 6. The first-order valence-corrected chi connectivity index (χ1v) is 10.3. The molecule has 0 aliphatic carbocycles. The molecule has 2 aromatic rings. The number of ether oxygens (including phenoxy) is 1. The molecule has 1 aliphatic rings. The van der Waals surface area contributed by atoms with Crippen LogP contribution in [0.5, 0.6) is 5.75 Å². The number of hydrogen-bond acceptors (Lipinski definition) is 3. The maximum atomic E-state index is 12.5. The molecule has 1 heterocycles. The molecular weight excluding hydrogens is 420 g/mol. The second kappa shape index (κ2) is 9.24. The van der Waals surface area contributed by atoms with Crippen LogP contribution in [0.1, 0.15) is 48.5 Å². The Bertz CT molecular complexity index is 861. The first kappa shape index (κ1) is 20.4. The fourth-order valence-electron chi connectivity index (χ4n) is 3.28. The Morgan fingerprint density at radius 1 is 1.14 bits per heavy atom. The Kier molecular flexibility index (Phi) is 6.73. The highest BCUT2D eigenvalue weighted by Crippen LogP contribution is 2.29. The van der Waals surface area contributed by atoms with E-state index in [4.69, 9.17) is 4.74 Å². The molecule has 0 unspecified atom stereocenters. The highest BCUT2D eigenvalue weighted by molar-refractivity contribution is 9.10. The van der Waals surface area contributed by atoms with E-state index >= 15 is 0 Å². The van der Waals surface area contributed by atoms with Gasteiger partial charge in [-0.25, -0.2) is 0 Å². The molecule has 1 fully saturated rings. The van der Waals surface area contributed by atoms with Gasteiger partial charge in [-0.3, -0.25) is 9.59 Å². The van der Waals surface area contributed by atoms with Crippen molar-refractivity contribution in [3.05, 3.63) is 58.1 Å². The fourth-order valence-corrected chi connectivity index (χ4v) is 3.65. The molecule has 0 saturated carbocycles. The lowest BCUT2D eigenvalue weighted by atomic mass is 10.0. The van der Waals surface area contributed by atoms with Crippen LogP contribution in [0.3, 0.4) is 0 Å². The summed E-state index contributed by atoms with van der Waals surface area (Å²) >= 11 is 3.47. The van der Waals surface area contributed by atoms with E-state index in [1.807, 2.05) is 23.1 Å². The molecule has 1 saturated heterocycles. The maximum Gasteiger partial charge on any atom is 0.262 e.